The summed E-state index contributed by atoms with van der Waals surface area (Å²) in [5.74, 6) is 1.06. The molecule has 0 radical (unpaired) electrons. The normalized spacial score (nSPS) is 13.8. The standard InChI is InChI=1S/C17H18O2S/c1-19-14-8-6-12(7-9-14)10-15(18)17-11-13-4-2-3-5-16(13)20-17/h6-9,11H,2-5,10H2,1H3. The summed E-state index contributed by atoms with van der Waals surface area (Å²) in [7, 11) is 1.65. The van der Waals surface area contributed by atoms with Crippen molar-refractivity contribution in [3.05, 3.63) is 51.2 Å². The summed E-state index contributed by atoms with van der Waals surface area (Å²) >= 11 is 1.70. The van der Waals surface area contributed by atoms with Crippen molar-refractivity contribution in [3.8, 4) is 5.75 Å². The van der Waals surface area contributed by atoms with Crippen molar-refractivity contribution in [3.63, 3.8) is 0 Å². The molecule has 0 N–H and O–H groups in total. The Balaban J connectivity index is 1.73. The zero-order chi connectivity index (χ0) is 13.9. The van der Waals surface area contributed by atoms with E-state index in [1.165, 1.54) is 23.3 Å². The van der Waals surface area contributed by atoms with E-state index in [1.807, 2.05) is 24.3 Å². The second-order valence-electron chi connectivity index (χ2n) is 5.21. The van der Waals surface area contributed by atoms with Crippen LogP contribution in [-0.4, -0.2) is 12.9 Å². The van der Waals surface area contributed by atoms with Gasteiger partial charge in [-0.3, -0.25) is 4.79 Å². The molecule has 0 amide bonds. The zero-order valence-electron chi connectivity index (χ0n) is 11.6. The van der Waals surface area contributed by atoms with E-state index in [2.05, 4.69) is 6.07 Å². The molecular formula is C17H18O2S. The number of ether oxygens (including phenoxy) is 1. The number of thiophene rings is 1. The zero-order valence-corrected chi connectivity index (χ0v) is 12.5. The molecule has 20 heavy (non-hydrogen) atoms. The van der Waals surface area contributed by atoms with Crippen LogP contribution in [-0.2, 0) is 19.3 Å². The minimum Gasteiger partial charge on any atom is -0.497 e. The molecule has 104 valence electrons. The third kappa shape index (κ3) is 2.78. The van der Waals surface area contributed by atoms with Gasteiger partial charge in [-0.05, 0) is 55.0 Å². The molecule has 1 aromatic carbocycles. The number of rotatable bonds is 4. The SMILES string of the molecule is COc1ccc(CC(=O)c2cc3c(s2)CCCC3)cc1. The molecule has 0 saturated heterocycles. The van der Waals surface area contributed by atoms with Crippen LogP contribution in [0.3, 0.4) is 0 Å². The molecule has 0 unspecified atom stereocenters. The summed E-state index contributed by atoms with van der Waals surface area (Å²) in [6, 6.07) is 9.85. The van der Waals surface area contributed by atoms with Crippen molar-refractivity contribution in [1.82, 2.24) is 0 Å². The number of fused-ring (bicyclic) bond motifs is 1. The molecule has 2 nitrogen and oxygen atoms in total. The quantitative estimate of drug-likeness (QED) is 0.792. The van der Waals surface area contributed by atoms with Gasteiger partial charge in [-0.2, -0.15) is 0 Å². The third-order valence-corrected chi connectivity index (χ3v) is 5.07. The lowest BCUT2D eigenvalue weighted by molar-refractivity contribution is 0.0996. The number of methoxy groups -OCH3 is 1. The largest absolute Gasteiger partial charge is 0.497 e. The van der Waals surface area contributed by atoms with Gasteiger partial charge in [-0.25, -0.2) is 0 Å². The highest BCUT2D eigenvalue weighted by Crippen LogP contribution is 2.30. The highest BCUT2D eigenvalue weighted by Gasteiger charge is 2.17. The molecule has 1 aliphatic rings. The van der Waals surface area contributed by atoms with Crippen LogP contribution >= 0.6 is 11.3 Å². The molecule has 1 aliphatic carbocycles. The molecule has 1 heterocycles. The van der Waals surface area contributed by atoms with Crippen LogP contribution in [0, 0.1) is 0 Å². The van der Waals surface area contributed by atoms with Gasteiger partial charge in [0.25, 0.3) is 0 Å². The van der Waals surface area contributed by atoms with Gasteiger partial charge >= 0.3 is 0 Å². The predicted octanol–water partition coefficient (Wildman–Crippen LogP) is 4.06. The molecule has 0 bridgehead atoms. The fourth-order valence-corrected chi connectivity index (χ4v) is 3.84. The first-order valence-corrected chi connectivity index (χ1v) is 7.85. The number of Topliss-reactive ketones (excluding diaryl/α,β-unsaturated/α-hetero) is 1. The number of carbonyl (C=O) groups is 1. The van der Waals surface area contributed by atoms with Crippen LogP contribution < -0.4 is 4.74 Å². The fourth-order valence-electron chi connectivity index (χ4n) is 2.64. The van der Waals surface area contributed by atoms with E-state index >= 15 is 0 Å². The summed E-state index contributed by atoms with van der Waals surface area (Å²) in [5, 5.41) is 0. The van der Waals surface area contributed by atoms with Crippen LogP contribution in [0.2, 0.25) is 0 Å². The number of ketones is 1. The minimum atomic E-state index is 0.231. The summed E-state index contributed by atoms with van der Waals surface area (Å²) in [4.78, 5) is 14.7. The number of carbonyl (C=O) groups excluding carboxylic acids is 1. The average molecular weight is 286 g/mol. The van der Waals surface area contributed by atoms with Gasteiger partial charge in [0.1, 0.15) is 5.75 Å². The maximum absolute atomic E-state index is 12.4. The van der Waals surface area contributed by atoms with Crippen molar-refractivity contribution in [1.29, 1.82) is 0 Å². The molecule has 0 aliphatic heterocycles. The van der Waals surface area contributed by atoms with Crippen LogP contribution in [0.5, 0.6) is 5.75 Å². The van der Waals surface area contributed by atoms with Crippen molar-refractivity contribution in [2.24, 2.45) is 0 Å². The maximum Gasteiger partial charge on any atom is 0.177 e. The van der Waals surface area contributed by atoms with E-state index in [0.29, 0.717) is 6.42 Å². The van der Waals surface area contributed by atoms with Crippen LogP contribution in [0.25, 0.3) is 0 Å². The third-order valence-electron chi connectivity index (χ3n) is 3.80. The number of aryl methyl sites for hydroxylation is 2. The smallest absolute Gasteiger partial charge is 0.177 e. The van der Waals surface area contributed by atoms with Gasteiger partial charge in [0, 0.05) is 11.3 Å². The van der Waals surface area contributed by atoms with E-state index < -0.39 is 0 Å². The van der Waals surface area contributed by atoms with Gasteiger partial charge < -0.3 is 4.74 Å². The molecule has 0 spiro atoms. The van der Waals surface area contributed by atoms with E-state index in [1.54, 1.807) is 18.4 Å². The monoisotopic (exact) mass is 286 g/mol. The molecule has 3 rings (SSSR count). The average Bonchev–Trinajstić information content (AvgIpc) is 2.92. The summed E-state index contributed by atoms with van der Waals surface area (Å²) in [6.45, 7) is 0. The fraction of sp³-hybridized carbons (Fsp3) is 0.353. The molecule has 3 heteroatoms. The molecule has 1 aromatic heterocycles. The van der Waals surface area contributed by atoms with Gasteiger partial charge in [-0.15, -0.1) is 11.3 Å². The summed E-state index contributed by atoms with van der Waals surface area (Å²) in [6.07, 6.45) is 5.29. The minimum absolute atomic E-state index is 0.231. The molecular weight excluding hydrogens is 268 g/mol. The second-order valence-corrected chi connectivity index (χ2v) is 6.35. The second kappa shape index (κ2) is 5.80. The Morgan fingerprint density at radius 3 is 2.65 bits per heavy atom. The molecule has 2 aromatic rings. The number of hydrogen-bond acceptors (Lipinski definition) is 3. The topological polar surface area (TPSA) is 26.3 Å². The molecule has 0 atom stereocenters. The first-order chi connectivity index (χ1) is 9.76. The Morgan fingerprint density at radius 1 is 1.20 bits per heavy atom. The van der Waals surface area contributed by atoms with Gasteiger partial charge in [0.05, 0.1) is 12.0 Å². The lowest BCUT2D eigenvalue weighted by atomic mass is 9.98. The Bertz CT molecular complexity index is 587. The lowest BCUT2D eigenvalue weighted by Crippen LogP contribution is -2.01. The Morgan fingerprint density at radius 2 is 1.95 bits per heavy atom. The van der Waals surface area contributed by atoms with E-state index in [-0.39, 0.29) is 5.78 Å². The summed E-state index contributed by atoms with van der Waals surface area (Å²) < 4.78 is 5.13. The van der Waals surface area contributed by atoms with Crippen LogP contribution in [0.1, 0.15) is 38.5 Å². The predicted molar refractivity (Wildman–Crippen MR) is 82.0 cm³/mol. The van der Waals surface area contributed by atoms with Crippen LogP contribution in [0.15, 0.2) is 30.3 Å². The lowest BCUT2D eigenvalue weighted by Gasteiger charge is -2.08. The van der Waals surface area contributed by atoms with Gasteiger partial charge in [0.15, 0.2) is 5.78 Å². The van der Waals surface area contributed by atoms with Crippen molar-refractivity contribution >= 4 is 17.1 Å². The Kier molecular flexibility index (Phi) is 3.88. The van der Waals surface area contributed by atoms with Crippen molar-refractivity contribution < 1.29 is 9.53 Å². The maximum atomic E-state index is 12.4. The van der Waals surface area contributed by atoms with Gasteiger partial charge in [-0.1, -0.05) is 12.1 Å². The van der Waals surface area contributed by atoms with E-state index in [4.69, 9.17) is 4.74 Å². The van der Waals surface area contributed by atoms with Crippen molar-refractivity contribution in [2.45, 2.75) is 32.1 Å². The number of benzene rings is 1. The van der Waals surface area contributed by atoms with Crippen LogP contribution in [0.4, 0.5) is 0 Å². The van der Waals surface area contributed by atoms with E-state index in [9.17, 15) is 4.79 Å². The van der Waals surface area contributed by atoms with Crippen molar-refractivity contribution in [2.75, 3.05) is 7.11 Å². The van der Waals surface area contributed by atoms with E-state index in [0.717, 1.165) is 29.0 Å². The Hall–Kier alpha value is -1.61. The highest BCUT2D eigenvalue weighted by molar-refractivity contribution is 7.14. The summed E-state index contributed by atoms with van der Waals surface area (Å²) in [5.41, 5.74) is 2.45. The molecule has 0 saturated carbocycles. The first-order valence-electron chi connectivity index (χ1n) is 7.04. The molecule has 0 fully saturated rings. The van der Waals surface area contributed by atoms with Gasteiger partial charge in [0.2, 0.25) is 0 Å². The highest BCUT2D eigenvalue weighted by atomic mass is 32.1. The first kappa shape index (κ1) is 13.4. The number of hydrogen-bond donors (Lipinski definition) is 0. The Labute approximate surface area is 123 Å².